The molecular formula is C10H11BrClFN2O2S. The summed E-state index contributed by atoms with van der Waals surface area (Å²) >= 11 is 8.73. The lowest BCUT2D eigenvalue weighted by Gasteiger charge is -2.10. The van der Waals surface area contributed by atoms with Crippen LogP contribution >= 0.6 is 27.5 Å². The average molecular weight is 358 g/mol. The first-order chi connectivity index (χ1) is 8.31. The van der Waals surface area contributed by atoms with Gasteiger partial charge in [0.1, 0.15) is 4.90 Å². The van der Waals surface area contributed by atoms with E-state index in [0.29, 0.717) is 6.42 Å². The van der Waals surface area contributed by atoms with Gasteiger partial charge in [-0.3, -0.25) is 0 Å². The van der Waals surface area contributed by atoms with Gasteiger partial charge < -0.3 is 5.73 Å². The molecule has 1 aromatic rings. The Hall–Kier alpha value is -0.630. The Bertz CT molecular complexity index is 578. The van der Waals surface area contributed by atoms with E-state index >= 15 is 0 Å². The molecule has 18 heavy (non-hydrogen) atoms. The molecule has 0 saturated carbocycles. The number of hydrogen-bond donors (Lipinski definition) is 2. The lowest BCUT2D eigenvalue weighted by Crippen LogP contribution is -2.25. The second-order valence-corrected chi connectivity index (χ2v) is 6.31. The van der Waals surface area contributed by atoms with E-state index in [1.807, 2.05) is 0 Å². The number of rotatable bonds is 5. The largest absolute Gasteiger partial charge is 0.395 e. The third kappa shape index (κ3) is 3.23. The zero-order chi connectivity index (χ0) is 13.9. The van der Waals surface area contributed by atoms with Gasteiger partial charge in [0.05, 0.1) is 15.2 Å². The molecule has 0 fully saturated rings. The molecule has 3 N–H and O–H groups in total. The fraction of sp³-hybridized carbons (Fsp3) is 0.200. The van der Waals surface area contributed by atoms with Crippen LogP contribution in [0.4, 0.5) is 10.1 Å². The normalized spacial score (nSPS) is 11.5. The number of nitrogens with two attached hydrogens (primary N) is 1. The maximum Gasteiger partial charge on any atom is 0.243 e. The van der Waals surface area contributed by atoms with Gasteiger partial charge in [0.2, 0.25) is 10.0 Å². The fourth-order valence-corrected chi connectivity index (χ4v) is 2.89. The highest BCUT2D eigenvalue weighted by atomic mass is 79.9. The maximum atomic E-state index is 13.8. The molecule has 0 aromatic heterocycles. The Labute approximate surface area is 118 Å². The summed E-state index contributed by atoms with van der Waals surface area (Å²) in [4.78, 5) is -0.572. The minimum atomic E-state index is -3.98. The predicted molar refractivity (Wildman–Crippen MR) is 73.5 cm³/mol. The van der Waals surface area contributed by atoms with Gasteiger partial charge in [0, 0.05) is 6.54 Å². The fourth-order valence-electron chi connectivity index (χ4n) is 1.17. The minimum absolute atomic E-state index is 0.0259. The first-order valence-electron chi connectivity index (χ1n) is 4.84. The Morgan fingerprint density at radius 3 is 2.78 bits per heavy atom. The molecule has 1 aromatic carbocycles. The van der Waals surface area contributed by atoms with Gasteiger partial charge >= 0.3 is 0 Å². The lowest BCUT2D eigenvalue weighted by atomic mass is 10.3. The molecule has 0 heterocycles. The highest BCUT2D eigenvalue weighted by Crippen LogP contribution is 2.34. The molecule has 0 saturated heterocycles. The number of hydrogen-bond acceptors (Lipinski definition) is 3. The first-order valence-corrected chi connectivity index (χ1v) is 7.50. The third-order valence-corrected chi connectivity index (χ3v) is 4.93. The summed E-state index contributed by atoms with van der Waals surface area (Å²) in [5.41, 5.74) is 5.08. The average Bonchev–Trinajstić information content (AvgIpc) is 2.31. The number of nitrogens with one attached hydrogen (secondary N) is 1. The Morgan fingerprint density at radius 2 is 2.22 bits per heavy atom. The van der Waals surface area contributed by atoms with E-state index in [1.54, 1.807) is 6.08 Å². The molecule has 8 heteroatoms. The summed E-state index contributed by atoms with van der Waals surface area (Å²) in [5.74, 6) is -1.03. The van der Waals surface area contributed by atoms with Crippen LogP contribution in [0, 0.1) is 5.82 Å². The second kappa shape index (κ2) is 6.01. The molecule has 0 radical (unpaired) electrons. The van der Waals surface area contributed by atoms with Crippen molar-refractivity contribution in [1.82, 2.24) is 4.72 Å². The molecule has 0 atom stereocenters. The second-order valence-electron chi connectivity index (χ2n) is 3.37. The van der Waals surface area contributed by atoms with E-state index in [9.17, 15) is 12.8 Å². The standard InChI is InChI=1S/C10H11BrClFN2O2S/c1-2-3-4-15-18(16,17)7-5-6(12)8(11)10(14)9(7)13/h2,5,15H,1,3-4,14H2. The van der Waals surface area contributed by atoms with Crippen LogP contribution in [0.1, 0.15) is 6.42 Å². The smallest absolute Gasteiger partial charge is 0.243 e. The summed E-state index contributed by atoms with van der Waals surface area (Å²) in [6, 6.07) is 1.01. The molecule has 0 aliphatic rings. The van der Waals surface area contributed by atoms with E-state index < -0.39 is 20.7 Å². The monoisotopic (exact) mass is 356 g/mol. The zero-order valence-electron chi connectivity index (χ0n) is 9.21. The summed E-state index contributed by atoms with van der Waals surface area (Å²) in [5, 5.41) is 0.0259. The molecule has 0 amide bonds. The van der Waals surface area contributed by atoms with Crippen molar-refractivity contribution < 1.29 is 12.8 Å². The van der Waals surface area contributed by atoms with Crippen LogP contribution in [0.15, 0.2) is 28.1 Å². The topological polar surface area (TPSA) is 72.2 Å². The molecule has 1 rings (SSSR count). The number of sulfonamides is 1. The van der Waals surface area contributed by atoms with Crippen molar-refractivity contribution >= 4 is 43.2 Å². The van der Waals surface area contributed by atoms with Crippen LogP contribution in [-0.2, 0) is 10.0 Å². The Balaban J connectivity index is 3.21. The van der Waals surface area contributed by atoms with E-state index in [0.717, 1.165) is 6.07 Å². The summed E-state index contributed by atoms with van der Waals surface area (Å²) in [7, 11) is -3.98. The van der Waals surface area contributed by atoms with E-state index in [-0.39, 0.29) is 21.7 Å². The van der Waals surface area contributed by atoms with Crippen molar-refractivity contribution in [2.75, 3.05) is 12.3 Å². The van der Waals surface area contributed by atoms with Crippen molar-refractivity contribution in [1.29, 1.82) is 0 Å². The van der Waals surface area contributed by atoms with Crippen LogP contribution < -0.4 is 10.5 Å². The van der Waals surface area contributed by atoms with Crippen LogP contribution in [-0.4, -0.2) is 15.0 Å². The van der Waals surface area contributed by atoms with Gasteiger partial charge in [0.15, 0.2) is 5.82 Å². The van der Waals surface area contributed by atoms with Gasteiger partial charge in [-0.1, -0.05) is 17.7 Å². The Kier molecular flexibility index (Phi) is 5.15. The van der Waals surface area contributed by atoms with Crippen LogP contribution in [0.2, 0.25) is 5.02 Å². The van der Waals surface area contributed by atoms with Crippen molar-refractivity contribution in [2.24, 2.45) is 0 Å². The molecule has 0 unspecified atom stereocenters. The lowest BCUT2D eigenvalue weighted by molar-refractivity contribution is 0.559. The van der Waals surface area contributed by atoms with Crippen LogP contribution in [0.25, 0.3) is 0 Å². The summed E-state index contributed by atoms with van der Waals surface area (Å²) < 4.78 is 39.8. The number of halogens is 3. The van der Waals surface area contributed by atoms with E-state index in [1.165, 1.54) is 0 Å². The Morgan fingerprint density at radius 1 is 1.61 bits per heavy atom. The molecular weight excluding hydrogens is 347 g/mol. The minimum Gasteiger partial charge on any atom is -0.395 e. The zero-order valence-corrected chi connectivity index (χ0v) is 12.4. The number of nitrogen functional groups attached to an aromatic ring is 1. The summed E-state index contributed by atoms with van der Waals surface area (Å²) in [6.45, 7) is 3.58. The van der Waals surface area contributed by atoms with Crippen molar-refractivity contribution in [3.8, 4) is 0 Å². The van der Waals surface area contributed by atoms with E-state index in [2.05, 4.69) is 27.2 Å². The number of anilines is 1. The van der Waals surface area contributed by atoms with Gasteiger partial charge in [-0.15, -0.1) is 6.58 Å². The van der Waals surface area contributed by atoms with Crippen LogP contribution in [0.5, 0.6) is 0 Å². The van der Waals surface area contributed by atoms with Gasteiger partial charge in [-0.05, 0) is 28.4 Å². The number of benzene rings is 1. The molecule has 100 valence electrons. The molecule has 0 aliphatic heterocycles. The third-order valence-electron chi connectivity index (χ3n) is 2.09. The molecule has 0 bridgehead atoms. The van der Waals surface area contributed by atoms with Crippen molar-refractivity contribution in [3.63, 3.8) is 0 Å². The summed E-state index contributed by atoms with van der Waals surface area (Å²) in [6.07, 6.45) is 1.97. The SMILES string of the molecule is C=CCCNS(=O)(=O)c1cc(Cl)c(Br)c(N)c1F. The maximum absolute atomic E-state index is 13.8. The van der Waals surface area contributed by atoms with Crippen LogP contribution in [0.3, 0.4) is 0 Å². The van der Waals surface area contributed by atoms with E-state index in [4.69, 9.17) is 17.3 Å². The molecule has 0 spiro atoms. The van der Waals surface area contributed by atoms with Gasteiger partial charge in [-0.25, -0.2) is 17.5 Å². The van der Waals surface area contributed by atoms with Crippen molar-refractivity contribution in [2.45, 2.75) is 11.3 Å². The molecule has 0 aliphatic carbocycles. The van der Waals surface area contributed by atoms with Crippen molar-refractivity contribution in [3.05, 3.63) is 34.0 Å². The predicted octanol–water partition coefficient (Wildman–Crippen LogP) is 2.68. The van der Waals surface area contributed by atoms with Gasteiger partial charge in [-0.2, -0.15) is 0 Å². The molecule has 4 nitrogen and oxygen atoms in total. The highest BCUT2D eigenvalue weighted by molar-refractivity contribution is 9.10. The highest BCUT2D eigenvalue weighted by Gasteiger charge is 2.23. The first kappa shape index (κ1) is 15.4. The van der Waals surface area contributed by atoms with Gasteiger partial charge in [0.25, 0.3) is 0 Å². The quantitative estimate of drug-likeness (QED) is 0.368.